The van der Waals surface area contributed by atoms with Crippen LogP contribution in [0.1, 0.15) is 12.5 Å². The number of para-hydroxylation sites is 2. The molecule has 182 valence electrons. The Labute approximate surface area is 209 Å². The molecule has 3 aromatic carbocycles. The summed E-state index contributed by atoms with van der Waals surface area (Å²) in [7, 11) is 1.63. The van der Waals surface area contributed by atoms with Crippen LogP contribution in [-0.4, -0.2) is 41.1 Å². The lowest BCUT2D eigenvalue weighted by Gasteiger charge is -2.15. The van der Waals surface area contributed by atoms with Gasteiger partial charge in [0.1, 0.15) is 5.75 Å². The van der Waals surface area contributed by atoms with Gasteiger partial charge in [0.15, 0.2) is 0 Å². The lowest BCUT2D eigenvalue weighted by molar-refractivity contribution is -0.114. The predicted molar refractivity (Wildman–Crippen MR) is 144 cm³/mol. The second-order valence-corrected chi connectivity index (χ2v) is 8.72. The minimum Gasteiger partial charge on any atom is -0.497 e. The van der Waals surface area contributed by atoms with Crippen molar-refractivity contribution in [3.8, 4) is 5.75 Å². The van der Waals surface area contributed by atoms with Gasteiger partial charge < -0.3 is 19.7 Å². The van der Waals surface area contributed by atoms with Gasteiger partial charge in [-0.15, -0.1) is 0 Å². The van der Waals surface area contributed by atoms with Gasteiger partial charge in [-0.2, -0.15) is 10.1 Å². The maximum absolute atomic E-state index is 13.2. The molecular weight excluding hydrogens is 452 g/mol. The Morgan fingerprint density at radius 3 is 2.64 bits per heavy atom. The van der Waals surface area contributed by atoms with Crippen LogP contribution in [-0.2, 0) is 11.3 Å². The van der Waals surface area contributed by atoms with Crippen LogP contribution in [0, 0.1) is 0 Å². The van der Waals surface area contributed by atoms with Crippen LogP contribution in [0.2, 0.25) is 0 Å². The second-order valence-electron chi connectivity index (χ2n) is 8.72. The molecule has 36 heavy (non-hydrogen) atoms. The van der Waals surface area contributed by atoms with E-state index in [1.165, 1.54) is 5.01 Å². The van der Waals surface area contributed by atoms with Crippen molar-refractivity contribution in [2.45, 2.75) is 19.6 Å². The van der Waals surface area contributed by atoms with Crippen molar-refractivity contribution in [2.75, 3.05) is 24.0 Å². The molecular formula is C29H28N4O3. The molecule has 0 aliphatic carbocycles. The molecule has 1 amide bonds. The number of nitrogens with one attached hydrogen (secondary N) is 1. The molecule has 1 aliphatic rings. The summed E-state index contributed by atoms with van der Waals surface area (Å²) < 4.78 is 7.29. The van der Waals surface area contributed by atoms with Crippen molar-refractivity contribution in [3.05, 3.63) is 96.2 Å². The van der Waals surface area contributed by atoms with Crippen molar-refractivity contribution in [1.29, 1.82) is 0 Å². The predicted octanol–water partition coefficient (Wildman–Crippen LogP) is 4.93. The third-order valence-corrected chi connectivity index (χ3v) is 6.20. The Balaban J connectivity index is 1.37. The largest absolute Gasteiger partial charge is 0.497 e. The van der Waals surface area contributed by atoms with E-state index >= 15 is 0 Å². The summed E-state index contributed by atoms with van der Waals surface area (Å²) in [6.45, 7) is 2.63. The molecule has 1 unspecified atom stereocenters. The number of aromatic nitrogens is 1. The van der Waals surface area contributed by atoms with Crippen molar-refractivity contribution >= 4 is 40.0 Å². The first-order chi connectivity index (χ1) is 17.5. The molecule has 2 heterocycles. The molecule has 0 fully saturated rings. The van der Waals surface area contributed by atoms with Crippen LogP contribution in [0.5, 0.6) is 5.75 Å². The highest BCUT2D eigenvalue weighted by atomic mass is 16.5. The van der Waals surface area contributed by atoms with Crippen LogP contribution >= 0.6 is 0 Å². The number of benzene rings is 3. The van der Waals surface area contributed by atoms with Gasteiger partial charge >= 0.3 is 0 Å². The van der Waals surface area contributed by atoms with E-state index in [0.29, 0.717) is 24.4 Å². The highest BCUT2D eigenvalue weighted by Gasteiger charge is 2.29. The van der Waals surface area contributed by atoms with Gasteiger partial charge in [-0.1, -0.05) is 42.5 Å². The third kappa shape index (κ3) is 4.74. The SMILES string of the molecule is COc1cccc(NCC(O)Cn2cc(C=C3C(=O)N(c4ccccc4)N=C3C)c3ccccc32)c1. The number of aliphatic hydroxyl groups is 1. The first-order valence-electron chi connectivity index (χ1n) is 11.8. The lowest BCUT2D eigenvalue weighted by Crippen LogP contribution is -2.24. The van der Waals surface area contributed by atoms with Crippen LogP contribution in [0.4, 0.5) is 11.4 Å². The summed E-state index contributed by atoms with van der Waals surface area (Å²) in [6, 6.07) is 25.0. The number of ether oxygens (including phenoxy) is 1. The van der Waals surface area contributed by atoms with E-state index in [9.17, 15) is 9.90 Å². The number of amides is 1. The molecule has 0 saturated carbocycles. The highest BCUT2D eigenvalue weighted by molar-refractivity contribution is 6.32. The van der Waals surface area contributed by atoms with E-state index in [1.807, 2.05) is 103 Å². The first-order valence-corrected chi connectivity index (χ1v) is 11.8. The number of carbonyl (C=O) groups is 1. The number of fused-ring (bicyclic) bond motifs is 1. The average Bonchev–Trinajstić information content (AvgIpc) is 3.40. The first kappa shape index (κ1) is 23.4. The average molecular weight is 481 g/mol. The zero-order valence-electron chi connectivity index (χ0n) is 20.3. The summed E-state index contributed by atoms with van der Waals surface area (Å²) in [5, 5.41) is 21.0. The molecule has 5 rings (SSSR count). The molecule has 7 nitrogen and oxygen atoms in total. The molecule has 1 aromatic heterocycles. The number of hydrogen-bond acceptors (Lipinski definition) is 5. The Bertz CT molecular complexity index is 1460. The molecule has 0 saturated heterocycles. The number of carbonyl (C=O) groups excluding carboxylic acids is 1. The fourth-order valence-corrected chi connectivity index (χ4v) is 4.39. The van der Waals surface area contributed by atoms with E-state index < -0.39 is 6.10 Å². The zero-order chi connectivity index (χ0) is 25.1. The van der Waals surface area contributed by atoms with Crippen molar-refractivity contribution in [3.63, 3.8) is 0 Å². The lowest BCUT2D eigenvalue weighted by atomic mass is 10.1. The number of nitrogens with zero attached hydrogens (tertiary/aromatic N) is 3. The number of rotatable bonds is 8. The summed E-state index contributed by atoms with van der Waals surface area (Å²) >= 11 is 0. The molecule has 2 N–H and O–H groups in total. The third-order valence-electron chi connectivity index (χ3n) is 6.20. The van der Waals surface area contributed by atoms with Gasteiger partial charge in [0.2, 0.25) is 0 Å². The standard InChI is InChI=1S/C29H28N4O3/c1-20-27(29(35)33(31-20)23-10-4-3-5-11-23)15-21-18-32(28-14-7-6-13-26(21)28)19-24(34)17-30-22-9-8-12-25(16-22)36-2/h3-16,18,24,30,34H,17,19H2,1-2H3. The van der Waals surface area contributed by atoms with Gasteiger partial charge in [-0.25, -0.2) is 0 Å². The maximum atomic E-state index is 13.2. The van der Waals surface area contributed by atoms with Gasteiger partial charge in [0, 0.05) is 41.0 Å². The molecule has 0 bridgehead atoms. The van der Waals surface area contributed by atoms with Gasteiger partial charge in [0.25, 0.3) is 5.91 Å². The molecule has 0 spiro atoms. The maximum Gasteiger partial charge on any atom is 0.280 e. The van der Waals surface area contributed by atoms with Crippen LogP contribution in [0.15, 0.2) is 95.7 Å². The van der Waals surface area contributed by atoms with Gasteiger partial charge in [-0.05, 0) is 43.3 Å². The fraction of sp³-hybridized carbons (Fsp3) is 0.172. The number of hydrogen-bond donors (Lipinski definition) is 2. The number of hydrazone groups is 1. The molecule has 1 aliphatic heterocycles. The van der Waals surface area contributed by atoms with Gasteiger partial charge in [0.05, 0.1) is 36.7 Å². The van der Waals surface area contributed by atoms with E-state index in [0.717, 1.165) is 33.6 Å². The smallest absolute Gasteiger partial charge is 0.280 e. The zero-order valence-corrected chi connectivity index (χ0v) is 20.3. The van der Waals surface area contributed by atoms with Crippen molar-refractivity contribution in [2.24, 2.45) is 5.10 Å². The van der Waals surface area contributed by atoms with Crippen LogP contribution < -0.4 is 15.1 Å². The molecule has 7 heteroatoms. The number of methoxy groups -OCH3 is 1. The van der Waals surface area contributed by atoms with E-state index in [4.69, 9.17) is 4.74 Å². The van der Waals surface area contributed by atoms with Crippen molar-refractivity contribution < 1.29 is 14.6 Å². The minimum absolute atomic E-state index is 0.155. The Kier molecular flexibility index (Phi) is 6.56. The Morgan fingerprint density at radius 2 is 1.83 bits per heavy atom. The van der Waals surface area contributed by atoms with Crippen LogP contribution in [0.25, 0.3) is 17.0 Å². The normalized spacial score (nSPS) is 15.4. The van der Waals surface area contributed by atoms with Crippen LogP contribution in [0.3, 0.4) is 0 Å². The number of aliphatic hydroxyl groups excluding tert-OH is 1. The van der Waals surface area contributed by atoms with E-state index in [1.54, 1.807) is 7.11 Å². The van der Waals surface area contributed by atoms with Crippen molar-refractivity contribution in [1.82, 2.24) is 4.57 Å². The number of anilines is 2. The Hall–Kier alpha value is -4.36. The highest BCUT2D eigenvalue weighted by Crippen LogP contribution is 2.28. The fourth-order valence-electron chi connectivity index (χ4n) is 4.39. The molecule has 0 radical (unpaired) electrons. The quantitative estimate of drug-likeness (QED) is 0.351. The topological polar surface area (TPSA) is 79.1 Å². The van der Waals surface area contributed by atoms with Gasteiger partial charge in [-0.3, -0.25) is 4.79 Å². The summed E-state index contributed by atoms with van der Waals surface area (Å²) in [6.07, 6.45) is 3.25. The van der Waals surface area contributed by atoms with E-state index in [2.05, 4.69) is 10.4 Å². The monoisotopic (exact) mass is 480 g/mol. The minimum atomic E-state index is -0.627. The second kappa shape index (κ2) is 10.1. The molecule has 1 atom stereocenters. The summed E-state index contributed by atoms with van der Waals surface area (Å²) in [4.78, 5) is 13.2. The Morgan fingerprint density at radius 1 is 1.06 bits per heavy atom. The summed E-state index contributed by atoms with van der Waals surface area (Å²) in [5.41, 5.74) is 4.74. The molecule has 4 aromatic rings. The summed E-state index contributed by atoms with van der Waals surface area (Å²) in [5.74, 6) is 0.604. The van der Waals surface area contributed by atoms with E-state index in [-0.39, 0.29) is 5.91 Å².